The molecule has 0 aliphatic carbocycles. The smallest absolute Gasteiger partial charge is 0.254 e. The first kappa shape index (κ1) is 21.8. The summed E-state index contributed by atoms with van der Waals surface area (Å²) in [4.78, 5) is 27.6. The van der Waals surface area contributed by atoms with Gasteiger partial charge in [0.25, 0.3) is 5.91 Å². The average Bonchev–Trinajstić information content (AvgIpc) is 2.79. The van der Waals surface area contributed by atoms with Gasteiger partial charge in [-0.3, -0.25) is 9.69 Å². The number of amides is 1. The molecule has 0 bridgehead atoms. The van der Waals surface area contributed by atoms with Crippen molar-refractivity contribution in [2.75, 3.05) is 38.5 Å². The monoisotopic (exact) mass is 421 g/mol. The van der Waals surface area contributed by atoms with E-state index in [0.717, 1.165) is 67.5 Å². The number of aryl methyl sites for hydroxylation is 1. The van der Waals surface area contributed by atoms with Crippen LogP contribution in [0.25, 0.3) is 0 Å². The van der Waals surface area contributed by atoms with E-state index >= 15 is 0 Å². The van der Waals surface area contributed by atoms with Crippen LogP contribution in [0.4, 0.5) is 5.82 Å². The highest BCUT2D eigenvalue weighted by Crippen LogP contribution is 2.33. The molecule has 2 aromatic rings. The number of likely N-dealkylation sites (tertiary alicyclic amines) is 2. The second-order valence-corrected chi connectivity index (χ2v) is 9.35. The van der Waals surface area contributed by atoms with Gasteiger partial charge in [0.1, 0.15) is 11.6 Å². The van der Waals surface area contributed by atoms with E-state index in [0.29, 0.717) is 6.54 Å². The number of piperidine rings is 2. The van der Waals surface area contributed by atoms with E-state index in [1.54, 1.807) is 0 Å². The molecular formula is C25H35N5O. The van der Waals surface area contributed by atoms with Crippen molar-refractivity contribution < 1.29 is 4.79 Å². The molecule has 6 nitrogen and oxygen atoms in total. The van der Waals surface area contributed by atoms with Crippen LogP contribution in [0.5, 0.6) is 0 Å². The molecule has 166 valence electrons. The van der Waals surface area contributed by atoms with Crippen molar-refractivity contribution in [2.45, 2.75) is 57.9 Å². The van der Waals surface area contributed by atoms with E-state index < -0.39 is 0 Å². The summed E-state index contributed by atoms with van der Waals surface area (Å²) < 4.78 is 0. The first-order chi connectivity index (χ1) is 15.0. The molecule has 0 radical (unpaired) electrons. The Morgan fingerprint density at radius 2 is 1.87 bits per heavy atom. The number of nitrogens with zero attached hydrogens (tertiary/aromatic N) is 4. The van der Waals surface area contributed by atoms with Gasteiger partial charge in [0, 0.05) is 49.4 Å². The fraction of sp³-hybridized carbons (Fsp3) is 0.560. The number of carbonyl (C=O) groups excluding carboxylic acids is 1. The number of benzene rings is 1. The molecule has 3 heterocycles. The van der Waals surface area contributed by atoms with Crippen molar-refractivity contribution in [1.29, 1.82) is 0 Å². The van der Waals surface area contributed by atoms with Gasteiger partial charge in [0.2, 0.25) is 0 Å². The Kier molecular flexibility index (Phi) is 6.56. The molecule has 1 amide bonds. The van der Waals surface area contributed by atoms with Gasteiger partial charge in [-0.05, 0) is 57.3 Å². The predicted octanol–water partition coefficient (Wildman–Crippen LogP) is 4.01. The van der Waals surface area contributed by atoms with E-state index in [9.17, 15) is 4.79 Å². The molecule has 2 aliphatic heterocycles. The van der Waals surface area contributed by atoms with E-state index in [4.69, 9.17) is 9.97 Å². The lowest BCUT2D eigenvalue weighted by Gasteiger charge is -2.40. The maximum atomic E-state index is 13.6. The summed E-state index contributed by atoms with van der Waals surface area (Å²) in [5.41, 5.74) is 2.70. The van der Waals surface area contributed by atoms with Crippen LogP contribution >= 0.6 is 0 Å². The number of hydrogen-bond donors (Lipinski definition) is 1. The van der Waals surface area contributed by atoms with Gasteiger partial charge in [-0.15, -0.1) is 0 Å². The summed E-state index contributed by atoms with van der Waals surface area (Å²) in [6, 6.07) is 10.1. The molecule has 31 heavy (non-hydrogen) atoms. The number of anilines is 1. The van der Waals surface area contributed by atoms with Crippen LogP contribution < -0.4 is 5.32 Å². The van der Waals surface area contributed by atoms with E-state index in [-0.39, 0.29) is 11.3 Å². The van der Waals surface area contributed by atoms with E-state index in [1.807, 2.05) is 37.1 Å². The SMILES string of the molecule is CNc1cc(C)nc([C@@]2(C)CCCN(C(=O)c3ccccc3CN3CCCCC3)C2)n1. The first-order valence-electron chi connectivity index (χ1n) is 11.6. The van der Waals surface area contributed by atoms with Gasteiger partial charge in [0.05, 0.1) is 0 Å². The molecule has 0 unspecified atom stereocenters. The molecule has 2 saturated heterocycles. The van der Waals surface area contributed by atoms with Gasteiger partial charge in [-0.25, -0.2) is 9.97 Å². The van der Waals surface area contributed by atoms with Crippen molar-refractivity contribution in [1.82, 2.24) is 19.8 Å². The van der Waals surface area contributed by atoms with E-state index in [2.05, 4.69) is 29.3 Å². The quantitative estimate of drug-likeness (QED) is 0.790. The van der Waals surface area contributed by atoms with E-state index in [1.165, 1.54) is 19.3 Å². The molecule has 6 heteroatoms. The summed E-state index contributed by atoms with van der Waals surface area (Å²) in [5.74, 6) is 1.80. The van der Waals surface area contributed by atoms with Gasteiger partial charge in [-0.1, -0.05) is 31.5 Å². The van der Waals surface area contributed by atoms with Crippen molar-refractivity contribution in [2.24, 2.45) is 0 Å². The zero-order valence-electron chi connectivity index (χ0n) is 19.2. The third kappa shape index (κ3) is 4.90. The molecule has 1 atom stereocenters. The predicted molar refractivity (Wildman–Crippen MR) is 124 cm³/mol. The number of nitrogens with one attached hydrogen (secondary N) is 1. The first-order valence-corrected chi connectivity index (χ1v) is 11.6. The topological polar surface area (TPSA) is 61.4 Å². The Balaban J connectivity index is 1.55. The number of rotatable bonds is 5. The Morgan fingerprint density at radius 1 is 1.10 bits per heavy atom. The molecule has 2 fully saturated rings. The Hall–Kier alpha value is -2.47. The molecule has 4 rings (SSSR count). The van der Waals surface area contributed by atoms with Gasteiger partial charge < -0.3 is 10.2 Å². The lowest BCUT2D eigenvalue weighted by molar-refractivity contribution is 0.0641. The third-order valence-corrected chi connectivity index (χ3v) is 6.72. The highest BCUT2D eigenvalue weighted by molar-refractivity contribution is 5.95. The Labute approximate surface area is 186 Å². The molecule has 2 aliphatic rings. The van der Waals surface area contributed by atoms with Crippen LogP contribution in [0.15, 0.2) is 30.3 Å². The highest BCUT2D eigenvalue weighted by atomic mass is 16.2. The minimum absolute atomic E-state index is 0.139. The fourth-order valence-electron chi connectivity index (χ4n) is 4.96. The van der Waals surface area contributed by atoms with Crippen molar-refractivity contribution in [3.63, 3.8) is 0 Å². The highest BCUT2D eigenvalue weighted by Gasteiger charge is 2.38. The molecular weight excluding hydrogens is 386 g/mol. The van der Waals surface area contributed by atoms with Crippen LogP contribution in [-0.4, -0.2) is 58.9 Å². The molecule has 1 aromatic heterocycles. The molecule has 1 aromatic carbocycles. The Morgan fingerprint density at radius 3 is 2.65 bits per heavy atom. The van der Waals surface area contributed by atoms with Crippen molar-refractivity contribution in [3.8, 4) is 0 Å². The average molecular weight is 422 g/mol. The molecule has 1 N–H and O–H groups in total. The van der Waals surface area contributed by atoms with Crippen molar-refractivity contribution in [3.05, 3.63) is 53.0 Å². The standard InChI is InChI=1S/C25H35N5O/c1-19-16-22(26-3)28-24(27-19)25(2)12-9-15-30(18-25)23(31)21-11-6-5-10-20(21)17-29-13-7-4-8-14-29/h5-6,10-11,16H,4,7-9,12-15,17-18H2,1-3H3,(H,26,27,28)/t25-/m0/s1. The lowest BCUT2D eigenvalue weighted by Crippen LogP contribution is -2.48. The van der Waals surface area contributed by atoms with Gasteiger partial charge in [-0.2, -0.15) is 0 Å². The second-order valence-electron chi connectivity index (χ2n) is 9.35. The number of carbonyl (C=O) groups is 1. The largest absolute Gasteiger partial charge is 0.373 e. The Bertz CT molecular complexity index is 924. The third-order valence-electron chi connectivity index (χ3n) is 6.72. The normalized spacial score (nSPS) is 22.4. The van der Waals surface area contributed by atoms with Crippen LogP contribution in [-0.2, 0) is 12.0 Å². The lowest BCUT2D eigenvalue weighted by atomic mass is 9.80. The summed E-state index contributed by atoms with van der Waals surface area (Å²) >= 11 is 0. The van der Waals surface area contributed by atoms with Gasteiger partial charge in [0.15, 0.2) is 0 Å². The summed E-state index contributed by atoms with van der Waals surface area (Å²) in [6.45, 7) is 8.75. The molecule has 0 spiro atoms. The number of hydrogen-bond acceptors (Lipinski definition) is 5. The fourth-order valence-corrected chi connectivity index (χ4v) is 4.96. The van der Waals surface area contributed by atoms with Crippen LogP contribution in [0.2, 0.25) is 0 Å². The zero-order valence-corrected chi connectivity index (χ0v) is 19.2. The summed E-state index contributed by atoms with van der Waals surface area (Å²) in [5, 5.41) is 3.13. The maximum Gasteiger partial charge on any atom is 0.254 e. The number of aromatic nitrogens is 2. The van der Waals surface area contributed by atoms with Crippen molar-refractivity contribution >= 4 is 11.7 Å². The molecule has 0 saturated carbocycles. The van der Waals surface area contributed by atoms with Crippen LogP contribution in [0.3, 0.4) is 0 Å². The van der Waals surface area contributed by atoms with Crippen LogP contribution in [0, 0.1) is 6.92 Å². The second kappa shape index (κ2) is 9.35. The van der Waals surface area contributed by atoms with Gasteiger partial charge >= 0.3 is 0 Å². The summed E-state index contributed by atoms with van der Waals surface area (Å²) in [6.07, 6.45) is 5.78. The van der Waals surface area contributed by atoms with Crippen LogP contribution in [0.1, 0.15) is 66.5 Å². The summed E-state index contributed by atoms with van der Waals surface area (Å²) in [7, 11) is 1.88. The minimum atomic E-state index is -0.243. The zero-order chi connectivity index (χ0) is 21.8. The maximum absolute atomic E-state index is 13.6. The minimum Gasteiger partial charge on any atom is -0.373 e.